The van der Waals surface area contributed by atoms with Crippen molar-refractivity contribution in [3.05, 3.63) is 234 Å². The summed E-state index contributed by atoms with van der Waals surface area (Å²) in [5.41, 5.74) is 17.6. The van der Waals surface area contributed by atoms with E-state index >= 15 is 0 Å². The summed E-state index contributed by atoms with van der Waals surface area (Å²) in [5, 5.41) is 3.52. The molecule has 9 rings (SSSR count). The van der Waals surface area contributed by atoms with E-state index < -0.39 is 5.41 Å². The van der Waals surface area contributed by atoms with Crippen LogP contribution < -0.4 is 10.2 Å². The van der Waals surface area contributed by atoms with Crippen molar-refractivity contribution in [2.45, 2.75) is 19.3 Å². The molecule has 53 heavy (non-hydrogen) atoms. The van der Waals surface area contributed by atoms with Crippen LogP contribution in [0.25, 0.3) is 22.3 Å². The van der Waals surface area contributed by atoms with Gasteiger partial charge in [-0.1, -0.05) is 151 Å². The van der Waals surface area contributed by atoms with E-state index in [1.165, 1.54) is 55.6 Å². The van der Waals surface area contributed by atoms with Crippen LogP contribution in [0.2, 0.25) is 0 Å². The molecule has 0 heterocycles. The van der Waals surface area contributed by atoms with Gasteiger partial charge < -0.3 is 10.2 Å². The number of nitrogens with zero attached hydrogens (tertiary/aromatic N) is 1. The first-order valence-corrected chi connectivity index (χ1v) is 18.3. The minimum absolute atomic E-state index is 0.465. The van der Waals surface area contributed by atoms with Gasteiger partial charge in [0.1, 0.15) is 0 Å². The molecule has 254 valence electrons. The molecular weight excluding hydrogens is 641 g/mol. The van der Waals surface area contributed by atoms with E-state index in [9.17, 15) is 0 Å². The second kappa shape index (κ2) is 13.5. The largest absolute Gasteiger partial charge is 0.356 e. The molecule has 0 atom stereocenters. The van der Waals surface area contributed by atoms with Gasteiger partial charge in [-0.05, 0) is 119 Å². The average Bonchev–Trinajstić information content (AvgIpc) is 3.51. The first kappa shape index (κ1) is 32.3. The van der Waals surface area contributed by atoms with E-state index in [4.69, 9.17) is 0 Å². The van der Waals surface area contributed by atoms with Crippen molar-refractivity contribution in [3.8, 4) is 22.3 Å². The fourth-order valence-electron chi connectivity index (χ4n) is 8.07. The number of aryl methyl sites for hydroxylation is 2. The monoisotopic (exact) mass is 680 g/mol. The molecule has 0 amide bonds. The zero-order valence-corrected chi connectivity index (χ0v) is 30.0. The fourth-order valence-corrected chi connectivity index (χ4v) is 8.07. The van der Waals surface area contributed by atoms with E-state index in [1.807, 2.05) is 0 Å². The summed E-state index contributed by atoms with van der Waals surface area (Å²) in [7, 11) is 0. The minimum atomic E-state index is -0.465. The SMILES string of the molecule is Cc1ccc(Nc2ccc(-c3ccc(N(c4ccc(C)cc4)c4ccc5c(c4)C(c4ccccc4)(c4ccccc4)c4ccccc4-5)cc3)cc2)cc1. The highest BCUT2D eigenvalue weighted by molar-refractivity contribution is 5.89. The van der Waals surface area contributed by atoms with Crippen LogP contribution in [0.3, 0.4) is 0 Å². The number of nitrogens with one attached hydrogen (secondary N) is 1. The van der Waals surface area contributed by atoms with Gasteiger partial charge in [-0.25, -0.2) is 0 Å². The highest BCUT2D eigenvalue weighted by Gasteiger charge is 2.46. The second-order valence-corrected chi connectivity index (χ2v) is 14.0. The van der Waals surface area contributed by atoms with Gasteiger partial charge in [0.25, 0.3) is 0 Å². The molecule has 0 spiro atoms. The van der Waals surface area contributed by atoms with Gasteiger partial charge in [-0.15, -0.1) is 0 Å². The molecule has 0 bridgehead atoms. The average molecular weight is 681 g/mol. The van der Waals surface area contributed by atoms with Crippen LogP contribution in [0.15, 0.2) is 200 Å². The molecule has 2 nitrogen and oxygen atoms in total. The first-order chi connectivity index (χ1) is 26.1. The van der Waals surface area contributed by atoms with E-state index in [-0.39, 0.29) is 0 Å². The molecular formula is C51H40N2. The van der Waals surface area contributed by atoms with Crippen LogP contribution in [0.5, 0.6) is 0 Å². The maximum absolute atomic E-state index is 3.52. The maximum Gasteiger partial charge on any atom is 0.0714 e. The molecule has 1 aliphatic rings. The van der Waals surface area contributed by atoms with Crippen LogP contribution in [-0.2, 0) is 5.41 Å². The van der Waals surface area contributed by atoms with Gasteiger partial charge >= 0.3 is 0 Å². The number of benzene rings is 8. The Hall–Kier alpha value is -6.64. The third-order valence-electron chi connectivity index (χ3n) is 10.7. The van der Waals surface area contributed by atoms with E-state index in [1.54, 1.807) is 0 Å². The van der Waals surface area contributed by atoms with Crippen LogP contribution in [0.1, 0.15) is 33.4 Å². The molecule has 0 aromatic heterocycles. The Morgan fingerprint density at radius 1 is 0.377 bits per heavy atom. The fraction of sp³-hybridized carbons (Fsp3) is 0.0588. The van der Waals surface area contributed by atoms with Gasteiger partial charge in [-0.3, -0.25) is 0 Å². The first-order valence-electron chi connectivity index (χ1n) is 18.3. The van der Waals surface area contributed by atoms with Crippen molar-refractivity contribution >= 4 is 28.4 Å². The minimum Gasteiger partial charge on any atom is -0.356 e. The lowest BCUT2D eigenvalue weighted by molar-refractivity contribution is 0.768. The second-order valence-electron chi connectivity index (χ2n) is 14.0. The summed E-state index contributed by atoms with van der Waals surface area (Å²) >= 11 is 0. The molecule has 0 radical (unpaired) electrons. The predicted molar refractivity (Wildman–Crippen MR) is 223 cm³/mol. The van der Waals surface area contributed by atoms with Gasteiger partial charge in [0.2, 0.25) is 0 Å². The topological polar surface area (TPSA) is 15.3 Å². The molecule has 8 aromatic carbocycles. The number of fused-ring (bicyclic) bond motifs is 3. The zero-order chi connectivity index (χ0) is 35.8. The van der Waals surface area contributed by atoms with Crippen molar-refractivity contribution in [3.63, 3.8) is 0 Å². The van der Waals surface area contributed by atoms with Crippen molar-refractivity contribution in [1.82, 2.24) is 0 Å². The van der Waals surface area contributed by atoms with Crippen LogP contribution in [0.4, 0.5) is 28.4 Å². The molecule has 2 heteroatoms. The van der Waals surface area contributed by atoms with Crippen LogP contribution >= 0.6 is 0 Å². The predicted octanol–water partition coefficient (Wildman–Crippen LogP) is 13.5. The summed E-state index contributed by atoms with van der Waals surface area (Å²) in [6, 6.07) is 73.0. The standard InChI is InChI=1S/C51H40N2/c1-36-17-25-42(26-18-36)52-43-27-21-38(22-28-43)39-23-31-45(32-24-39)53(44-29-19-37(2)20-30-44)46-33-34-48-47-15-9-10-16-49(47)51(50(48)35-46,40-11-5-3-6-12-40)41-13-7-4-8-14-41/h3-35,52H,1-2H3. The highest BCUT2D eigenvalue weighted by atomic mass is 15.1. The number of anilines is 5. The van der Waals surface area contributed by atoms with E-state index in [0.717, 1.165) is 28.4 Å². The Morgan fingerprint density at radius 3 is 1.40 bits per heavy atom. The lowest BCUT2D eigenvalue weighted by atomic mass is 9.67. The van der Waals surface area contributed by atoms with Crippen molar-refractivity contribution in [2.75, 3.05) is 10.2 Å². The van der Waals surface area contributed by atoms with Gasteiger partial charge in [0.05, 0.1) is 5.41 Å². The molecule has 0 aliphatic heterocycles. The van der Waals surface area contributed by atoms with Gasteiger partial charge in [0.15, 0.2) is 0 Å². The Kier molecular flexibility index (Phi) is 8.21. The summed E-state index contributed by atoms with van der Waals surface area (Å²) in [4.78, 5) is 2.39. The summed E-state index contributed by atoms with van der Waals surface area (Å²) < 4.78 is 0. The van der Waals surface area contributed by atoms with E-state index in [2.05, 4.69) is 224 Å². The van der Waals surface area contributed by atoms with Crippen molar-refractivity contribution in [2.24, 2.45) is 0 Å². The number of rotatable bonds is 8. The molecule has 0 saturated heterocycles. The lowest BCUT2D eigenvalue weighted by Gasteiger charge is -2.35. The van der Waals surface area contributed by atoms with Crippen LogP contribution in [0, 0.1) is 13.8 Å². The molecule has 8 aromatic rings. The Morgan fingerprint density at radius 2 is 0.811 bits per heavy atom. The van der Waals surface area contributed by atoms with Crippen LogP contribution in [-0.4, -0.2) is 0 Å². The highest BCUT2D eigenvalue weighted by Crippen LogP contribution is 2.57. The summed E-state index contributed by atoms with van der Waals surface area (Å²) in [6.07, 6.45) is 0. The molecule has 1 aliphatic carbocycles. The van der Waals surface area contributed by atoms with Gasteiger partial charge in [-0.2, -0.15) is 0 Å². The molecule has 0 saturated carbocycles. The van der Waals surface area contributed by atoms with Crippen molar-refractivity contribution < 1.29 is 0 Å². The lowest BCUT2D eigenvalue weighted by Crippen LogP contribution is -2.28. The van der Waals surface area contributed by atoms with E-state index in [0.29, 0.717) is 0 Å². The summed E-state index contributed by atoms with van der Waals surface area (Å²) in [6.45, 7) is 4.25. The third kappa shape index (κ3) is 5.79. The zero-order valence-electron chi connectivity index (χ0n) is 30.0. The smallest absolute Gasteiger partial charge is 0.0714 e. The van der Waals surface area contributed by atoms with Crippen molar-refractivity contribution in [1.29, 1.82) is 0 Å². The Balaban J connectivity index is 1.14. The Bertz CT molecular complexity index is 2460. The molecule has 1 N–H and O–H groups in total. The molecule has 0 fully saturated rings. The quantitative estimate of drug-likeness (QED) is 0.172. The number of hydrogen-bond acceptors (Lipinski definition) is 2. The third-order valence-corrected chi connectivity index (χ3v) is 10.7. The Labute approximate surface area is 312 Å². The number of hydrogen-bond donors (Lipinski definition) is 1. The summed E-state index contributed by atoms with van der Waals surface area (Å²) in [5.74, 6) is 0. The maximum atomic E-state index is 3.52. The van der Waals surface area contributed by atoms with Gasteiger partial charge in [0, 0.05) is 28.4 Å². The molecule has 0 unspecified atom stereocenters. The normalized spacial score (nSPS) is 12.5.